The van der Waals surface area contributed by atoms with Crippen molar-refractivity contribution in [2.45, 2.75) is 37.5 Å². The fourth-order valence-electron chi connectivity index (χ4n) is 3.70. The van der Waals surface area contributed by atoms with E-state index in [1.807, 2.05) is 35.2 Å². The van der Waals surface area contributed by atoms with E-state index in [0.29, 0.717) is 19.6 Å². The Balaban J connectivity index is 1.43. The SMILES string of the molecule is O=C(Cc1ccccn1)N1CCO[C@H]2[C@@H](Oc3cccnc3)CC[C@@H]21. The lowest BCUT2D eigenvalue weighted by molar-refractivity contribution is -0.147. The van der Waals surface area contributed by atoms with Crippen LogP contribution in [-0.4, -0.2) is 52.2 Å². The minimum absolute atomic E-state index is 0.0420. The number of ether oxygens (including phenoxy) is 2. The molecule has 0 unspecified atom stereocenters. The van der Waals surface area contributed by atoms with Crippen LogP contribution in [0, 0.1) is 0 Å². The summed E-state index contributed by atoms with van der Waals surface area (Å²) in [7, 11) is 0. The number of fused-ring (bicyclic) bond motifs is 1. The molecule has 4 rings (SSSR count). The summed E-state index contributed by atoms with van der Waals surface area (Å²) in [5.41, 5.74) is 0.802. The summed E-state index contributed by atoms with van der Waals surface area (Å²) < 4.78 is 12.0. The van der Waals surface area contributed by atoms with Crippen molar-refractivity contribution in [3.8, 4) is 5.75 Å². The molecule has 0 aromatic carbocycles. The van der Waals surface area contributed by atoms with E-state index in [0.717, 1.165) is 24.3 Å². The molecule has 1 saturated carbocycles. The first-order valence-electron chi connectivity index (χ1n) is 8.69. The van der Waals surface area contributed by atoms with Gasteiger partial charge in [0.15, 0.2) is 0 Å². The van der Waals surface area contributed by atoms with Crippen LogP contribution in [0.1, 0.15) is 18.5 Å². The second-order valence-corrected chi connectivity index (χ2v) is 6.41. The largest absolute Gasteiger partial charge is 0.486 e. The molecule has 3 atom stereocenters. The van der Waals surface area contributed by atoms with E-state index in [-0.39, 0.29) is 24.2 Å². The molecule has 0 bridgehead atoms. The highest BCUT2D eigenvalue weighted by Crippen LogP contribution is 2.33. The number of amides is 1. The third-order valence-electron chi connectivity index (χ3n) is 4.84. The Kier molecular flexibility index (Phi) is 4.61. The van der Waals surface area contributed by atoms with Crippen LogP contribution in [0.3, 0.4) is 0 Å². The summed E-state index contributed by atoms with van der Waals surface area (Å²) in [6.45, 7) is 1.18. The van der Waals surface area contributed by atoms with E-state index in [9.17, 15) is 4.79 Å². The van der Waals surface area contributed by atoms with Crippen LogP contribution in [0.15, 0.2) is 48.9 Å². The van der Waals surface area contributed by atoms with Crippen LogP contribution in [0.5, 0.6) is 5.75 Å². The average molecular weight is 339 g/mol. The fraction of sp³-hybridized carbons (Fsp3) is 0.421. The van der Waals surface area contributed by atoms with Gasteiger partial charge in [0.25, 0.3) is 0 Å². The Morgan fingerprint density at radius 2 is 2.20 bits per heavy atom. The molecule has 1 saturated heterocycles. The van der Waals surface area contributed by atoms with E-state index < -0.39 is 0 Å². The third-order valence-corrected chi connectivity index (χ3v) is 4.84. The van der Waals surface area contributed by atoms with Crippen LogP contribution in [-0.2, 0) is 16.0 Å². The smallest absolute Gasteiger partial charge is 0.229 e. The molecular formula is C19H21N3O3. The molecule has 25 heavy (non-hydrogen) atoms. The molecule has 0 radical (unpaired) electrons. The van der Waals surface area contributed by atoms with Crippen molar-refractivity contribution in [2.75, 3.05) is 13.2 Å². The Morgan fingerprint density at radius 3 is 3.00 bits per heavy atom. The van der Waals surface area contributed by atoms with Gasteiger partial charge >= 0.3 is 0 Å². The molecule has 2 fully saturated rings. The highest BCUT2D eigenvalue weighted by atomic mass is 16.5. The van der Waals surface area contributed by atoms with Crippen LogP contribution in [0.2, 0.25) is 0 Å². The normalized spacial score (nSPS) is 25.4. The first-order chi connectivity index (χ1) is 12.3. The van der Waals surface area contributed by atoms with Gasteiger partial charge in [-0.25, -0.2) is 0 Å². The van der Waals surface area contributed by atoms with Gasteiger partial charge < -0.3 is 14.4 Å². The van der Waals surface area contributed by atoms with Crippen LogP contribution in [0.25, 0.3) is 0 Å². The number of aromatic nitrogens is 2. The molecule has 1 aliphatic carbocycles. The van der Waals surface area contributed by atoms with Crippen molar-refractivity contribution in [1.82, 2.24) is 14.9 Å². The third kappa shape index (κ3) is 3.49. The second-order valence-electron chi connectivity index (χ2n) is 6.41. The van der Waals surface area contributed by atoms with Crippen molar-refractivity contribution in [2.24, 2.45) is 0 Å². The Hall–Kier alpha value is -2.47. The molecule has 0 N–H and O–H groups in total. The van der Waals surface area contributed by atoms with Crippen LogP contribution < -0.4 is 4.74 Å². The maximum Gasteiger partial charge on any atom is 0.229 e. The maximum atomic E-state index is 12.8. The zero-order valence-corrected chi connectivity index (χ0v) is 14.0. The van der Waals surface area contributed by atoms with Crippen molar-refractivity contribution in [3.05, 3.63) is 54.6 Å². The highest BCUT2D eigenvalue weighted by Gasteiger charge is 2.45. The van der Waals surface area contributed by atoms with E-state index in [1.165, 1.54) is 0 Å². The van der Waals surface area contributed by atoms with E-state index >= 15 is 0 Å². The van der Waals surface area contributed by atoms with Crippen LogP contribution in [0.4, 0.5) is 0 Å². The molecule has 2 aromatic rings. The molecule has 130 valence electrons. The molecule has 3 heterocycles. The Labute approximate surface area is 146 Å². The first-order valence-corrected chi connectivity index (χ1v) is 8.69. The molecule has 2 aliphatic rings. The zero-order chi connectivity index (χ0) is 17.1. The zero-order valence-electron chi connectivity index (χ0n) is 14.0. The fourth-order valence-corrected chi connectivity index (χ4v) is 3.70. The van der Waals surface area contributed by atoms with Gasteiger partial charge in [0.05, 0.1) is 25.3 Å². The summed E-state index contributed by atoms with van der Waals surface area (Å²) in [5, 5.41) is 0. The van der Waals surface area contributed by atoms with Gasteiger partial charge in [0.1, 0.15) is 18.0 Å². The summed E-state index contributed by atoms with van der Waals surface area (Å²) in [4.78, 5) is 23.1. The molecule has 0 spiro atoms. The molecule has 6 nitrogen and oxygen atoms in total. The number of nitrogens with zero attached hydrogens (tertiary/aromatic N) is 3. The summed E-state index contributed by atoms with van der Waals surface area (Å²) >= 11 is 0. The van der Waals surface area contributed by atoms with Gasteiger partial charge in [-0.3, -0.25) is 14.8 Å². The summed E-state index contributed by atoms with van der Waals surface area (Å²) in [6, 6.07) is 9.48. The van der Waals surface area contributed by atoms with Gasteiger partial charge in [0, 0.05) is 24.6 Å². The first kappa shape index (κ1) is 16.0. The quantitative estimate of drug-likeness (QED) is 0.851. The number of hydrogen-bond acceptors (Lipinski definition) is 5. The number of carbonyl (C=O) groups excluding carboxylic acids is 1. The standard InChI is InChI=1S/C19H21N3O3/c23-18(12-14-4-1-2-9-21-14)22-10-11-24-19-16(22)6-7-17(19)25-15-5-3-8-20-13-15/h1-5,8-9,13,16-17,19H,6-7,10-12H2/t16-,17-,19+/m0/s1. The molecular weight excluding hydrogens is 318 g/mol. The lowest BCUT2D eigenvalue weighted by Gasteiger charge is -2.39. The molecule has 1 aliphatic heterocycles. The van der Waals surface area contributed by atoms with Crippen molar-refractivity contribution >= 4 is 5.91 Å². The number of hydrogen-bond donors (Lipinski definition) is 0. The van der Waals surface area contributed by atoms with E-state index in [1.54, 1.807) is 18.6 Å². The number of rotatable bonds is 4. The lowest BCUT2D eigenvalue weighted by Crippen LogP contribution is -2.54. The topological polar surface area (TPSA) is 64.6 Å². The monoisotopic (exact) mass is 339 g/mol. The number of carbonyl (C=O) groups is 1. The Bertz CT molecular complexity index is 710. The van der Waals surface area contributed by atoms with Crippen molar-refractivity contribution < 1.29 is 14.3 Å². The predicted octanol–water partition coefficient (Wildman–Crippen LogP) is 1.86. The predicted molar refractivity (Wildman–Crippen MR) is 91.1 cm³/mol. The minimum Gasteiger partial charge on any atom is -0.486 e. The van der Waals surface area contributed by atoms with Gasteiger partial charge in [-0.15, -0.1) is 0 Å². The number of morpholine rings is 1. The van der Waals surface area contributed by atoms with Crippen LogP contribution >= 0.6 is 0 Å². The van der Waals surface area contributed by atoms with E-state index in [2.05, 4.69) is 9.97 Å². The van der Waals surface area contributed by atoms with Gasteiger partial charge in [-0.1, -0.05) is 6.07 Å². The lowest BCUT2D eigenvalue weighted by atomic mass is 10.1. The van der Waals surface area contributed by atoms with Gasteiger partial charge in [0.2, 0.25) is 5.91 Å². The van der Waals surface area contributed by atoms with Gasteiger partial charge in [-0.05, 0) is 37.1 Å². The summed E-state index contributed by atoms with van der Waals surface area (Å²) in [5.74, 6) is 0.854. The second kappa shape index (κ2) is 7.19. The Morgan fingerprint density at radius 1 is 1.24 bits per heavy atom. The summed E-state index contributed by atoms with van der Waals surface area (Å²) in [6.07, 6.45) is 7.12. The van der Waals surface area contributed by atoms with E-state index in [4.69, 9.17) is 9.47 Å². The number of pyridine rings is 2. The maximum absolute atomic E-state index is 12.8. The molecule has 2 aromatic heterocycles. The molecule has 6 heteroatoms. The minimum atomic E-state index is -0.0818. The van der Waals surface area contributed by atoms with Gasteiger partial charge in [-0.2, -0.15) is 0 Å². The van der Waals surface area contributed by atoms with Crippen molar-refractivity contribution in [3.63, 3.8) is 0 Å². The average Bonchev–Trinajstić information content (AvgIpc) is 3.06. The highest BCUT2D eigenvalue weighted by molar-refractivity contribution is 5.79. The molecule has 1 amide bonds. The van der Waals surface area contributed by atoms with Crippen molar-refractivity contribution in [1.29, 1.82) is 0 Å².